The van der Waals surface area contributed by atoms with Crippen molar-refractivity contribution in [2.45, 2.75) is 20.8 Å². The average molecular weight is 245 g/mol. The molecule has 0 saturated carbocycles. The van der Waals surface area contributed by atoms with Gasteiger partial charge in [0.1, 0.15) is 0 Å². The minimum atomic E-state index is -0.411. The van der Waals surface area contributed by atoms with Crippen molar-refractivity contribution in [3.8, 4) is 5.82 Å². The molecule has 0 spiro atoms. The maximum Gasteiger partial charge on any atom is 0.358 e. The Morgan fingerprint density at radius 1 is 1.39 bits per heavy atom. The third kappa shape index (κ3) is 2.40. The fraction of sp³-hybridized carbons (Fsp3) is 0.308. The Labute approximate surface area is 105 Å². The summed E-state index contributed by atoms with van der Waals surface area (Å²) in [4.78, 5) is 15.9. The highest BCUT2D eigenvalue weighted by Crippen LogP contribution is 2.11. The first kappa shape index (κ1) is 12.3. The predicted molar refractivity (Wildman–Crippen MR) is 66.8 cm³/mol. The minimum absolute atomic E-state index is 0.303. The summed E-state index contributed by atoms with van der Waals surface area (Å²) in [6.45, 7) is 5.95. The van der Waals surface area contributed by atoms with Crippen LogP contribution >= 0.6 is 0 Å². The molecule has 0 radical (unpaired) electrons. The summed E-state index contributed by atoms with van der Waals surface area (Å²) in [5.74, 6) is 0.278. The van der Waals surface area contributed by atoms with Crippen molar-refractivity contribution in [3.05, 3.63) is 41.3 Å². The lowest BCUT2D eigenvalue weighted by atomic mass is 10.3. The minimum Gasteiger partial charge on any atom is -0.461 e. The number of pyridine rings is 1. The molecule has 2 aromatic heterocycles. The molecule has 0 atom stereocenters. The number of hydrogen-bond acceptors (Lipinski definition) is 4. The zero-order chi connectivity index (χ0) is 13.1. The van der Waals surface area contributed by atoms with E-state index in [4.69, 9.17) is 4.74 Å². The number of esters is 1. The van der Waals surface area contributed by atoms with Crippen LogP contribution in [0.15, 0.2) is 24.4 Å². The summed E-state index contributed by atoms with van der Waals surface area (Å²) >= 11 is 0. The second-order valence-corrected chi connectivity index (χ2v) is 4.00. The molecule has 0 aromatic carbocycles. The Hall–Kier alpha value is -2.17. The first-order valence-electron chi connectivity index (χ1n) is 5.78. The van der Waals surface area contributed by atoms with Crippen LogP contribution < -0.4 is 0 Å². The van der Waals surface area contributed by atoms with Crippen LogP contribution in [0.2, 0.25) is 0 Å². The van der Waals surface area contributed by atoms with Crippen LogP contribution in [0.1, 0.15) is 28.7 Å². The van der Waals surface area contributed by atoms with Crippen LogP contribution in [0.5, 0.6) is 0 Å². The third-order valence-corrected chi connectivity index (χ3v) is 2.48. The molecule has 2 heterocycles. The van der Waals surface area contributed by atoms with Gasteiger partial charge in [0.05, 0.1) is 6.61 Å². The molecule has 18 heavy (non-hydrogen) atoms. The molecule has 5 nitrogen and oxygen atoms in total. The molecule has 0 aliphatic carbocycles. The standard InChI is InChI=1S/C13H15N3O2/c1-4-18-13(17)11-7-10(3)16(15-11)12-6-5-9(2)8-14-12/h5-8H,4H2,1-3H3. The molecule has 0 saturated heterocycles. The van der Waals surface area contributed by atoms with Crippen LogP contribution in [0, 0.1) is 13.8 Å². The number of aromatic nitrogens is 3. The van der Waals surface area contributed by atoms with Crippen LogP contribution in [0.3, 0.4) is 0 Å². The van der Waals surface area contributed by atoms with E-state index in [1.807, 2.05) is 26.0 Å². The van der Waals surface area contributed by atoms with Gasteiger partial charge in [-0.25, -0.2) is 14.5 Å². The van der Waals surface area contributed by atoms with E-state index >= 15 is 0 Å². The Morgan fingerprint density at radius 2 is 2.17 bits per heavy atom. The molecule has 0 bridgehead atoms. The van der Waals surface area contributed by atoms with Crippen LogP contribution in [0.25, 0.3) is 5.82 Å². The molecule has 0 unspecified atom stereocenters. The molecule has 2 rings (SSSR count). The van der Waals surface area contributed by atoms with Gasteiger partial charge in [-0.15, -0.1) is 0 Å². The maximum atomic E-state index is 11.6. The van der Waals surface area contributed by atoms with E-state index in [0.29, 0.717) is 18.1 Å². The van der Waals surface area contributed by atoms with E-state index < -0.39 is 5.97 Å². The molecule has 0 N–H and O–H groups in total. The lowest BCUT2D eigenvalue weighted by Gasteiger charge is -2.02. The van der Waals surface area contributed by atoms with Crippen molar-refractivity contribution in [1.29, 1.82) is 0 Å². The van der Waals surface area contributed by atoms with Gasteiger partial charge in [-0.1, -0.05) is 6.07 Å². The highest BCUT2D eigenvalue weighted by molar-refractivity contribution is 5.87. The summed E-state index contributed by atoms with van der Waals surface area (Å²) in [7, 11) is 0. The quantitative estimate of drug-likeness (QED) is 0.777. The number of aryl methyl sites for hydroxylation is 2. The summed E-state index contributed by atoms with van der Waals surface area (Å²) < 4.78 is 6.55. The van der Waals surface area contributed by atoms with Crippen molar-refractivity contribution < 1.29 is 9.53 Å². The largest absolute Gasteiger partial charge is 0.461 e. The summed E-state index contributed by atoms with van der Waals surface area (Å²) in [6, 6.07) is 5.51. The molecule has 0 fully saturated rings. The average Bonchev–Trinajstić information content (AvgIpc) is 2.73. The van der Waals surface area contributed by atoms with Gasteiger partial charge in [0.15, 0.2) is 11.5 Å². The number of ether oxygens (including phenoxy) is 1. The predicted octanol–water partition coefficient (Wildman–Crippen LogP) is 2.06. The fourth-order valence-corrected chi connectivity index (χ4v) is 1.60. The summed E-state index contributed by atoms with van der Waals surface area (Å²) in [5, 5.41) is 4.21. The first-order valence-corrected chi connectivity index (χ1v) is 5.78. The van der Waals surface area contributed by atoms with Gasteiger partial charge in [0, 0.05) is 11.9 Å². The number of nitrogens with zero attached hydrogens (tertiary/aromatic N) is 3. The molecule has 0 aliphatic rings. The first-order chi connectivity index (χ1) is 8.61. The zero-order valence-electron chi connectivity index (χ0n) is 10.7. The van der Waals surface area contributed by atoms with E-state index in [-0.39, 0.29) is 0 Å². The molecular weight excluding hydrogens is 230 g/mol. The lowest BCUT2D eigenvalue weighted by molar-refractivity contribution is 0.0519. The molecule has 94 valence electrons. The van der Waals surface area contributed by atoms with E-state index in [1.165, 1.54) is 0 Å². The van der Waals surface area contributed by atoms with E-state index in [0.717, 1.165) is 11.3 Å². The second kappa shape index (κ2) is 5.00. The Morgan fingerprint density at radius 3 is 2.78 bits per heavy atom. The zero-order valence-corrected chi connectivity index (χ0v) is 10.7. The van der Waals surface area contributed by atoms with E-state index in [2.05, 4.69) is 10.1 Å². The Balaban J connectivity index is 2.34. The highest BCUT2D eigenvalue weighted by atomic mass is 16.5. The smallest absolute Gasteiger partial charge is 0.358 e. The summed E-state index contributed by atoms with van der Waals surface area (Å²) in [6.07, 6.45) is 1.76. The number of hydrogen-bond donors (Lipinski definition) is 0. The summed E-state index contributed by atoms with van der Waals surface area (Å²) in [5.41, 5.74) is 2.22. The second-order valence-electron chi connectivity index (χ2n) is 4.00. The van der Waals surface area contributed by atoms with Crippen molar-refractivity contribution in [2.75, 3.05) is 6.61 Å². The third-order valence-electron chi connectivity index (χ3n) is 2.48. The number of carbonyl (C=O) groups is 1. The van der Waals surface area contributed by atoms with Crippen molar-refractivity contribution in [2.24, 2.45) is 0 Å². The van der Waals surface area contributed by atoms with Crippen molar-refractivity contribution in [1.82, 2.24) is 14.8 Å². The van der Waals surface area contributed by atoms with E-state index in [1.54, 1.807) is 23.9 Å². The van der Waals surface area contributed by atoms with Gasteiger partial charge in [-0.3, -0.25) is 0 Å². The topological polar surface area (TPSA) is 57.0 Å². The Bertz CT molecular complexity index is 558. The SMILES string of the molecule is CCOC(=O)c1cc(C)n(-c2ccc(C)cn2)n1. The van der Waals surface area contributed by atoms with Crippen LogP contribution in [-0.2, 0) is 4.74 Å². The van der Waals surface area contributed by atoms with Gasteiger partial charge in [0.25, 0.3) is 0 Å². The van der Waals surface area contributed by atoms with Gasteiger partial charge in [-0.05, 0) is 38.5 Å². The Kier molecular flexibility index (Phi) is 3.41. The lowest BCUT2D eigenvalue weighted by Crippen LogP contribution is -2.07. The molecule has 0 aliphatic heterocycles. The van der Waals surface area contributed by atoms with Gasteiger partial charge in [-0.2, -0.15) is 5.10 Å². The molecular formula is C13H15N3O2. The van der Waals surface area contributed by atoms with E-state index in [9.17, 15) is 4.79 Å². The molecule has 2 aromatic rings. The van der Waals surface area contributed by atoms with Gasteiger partial charge < -0.3 is 4.74 Å². The fourth-order valence-electron chi connectivity index (χ4n) is 1.60. The number of rotatable bonds is 3. The van der Waals surface area contributed by atoms with Gasteiger partial charge in [0.2, 0.25) is 0 Å². The molecule has 5 heteroatoms. The highest BCUT2D eigenvalue weighted by Gasteiger charge is 2.14. The molecule has 0 amide bonds. The maximum absolute atomic E-state index is 11.6. The monoisotopic (exact) mass is 245 g/mol. The van der Waals surface area contributed by atoms with Crippen LogP contribution in [-0.4, -0.2) is 27.3 Å². The van der Waals surface area contributed by atoms with Crippen molar-refractivity contribution >= 4 is 5.97 Å². The van der Waals surface area contributed by atoms with Crippen LogP contribution in [0.4, 0.5) is 0 Å². The van der Waals surface area contributed by atoms with Gasteiger partial charge >= 0.3 is 5.97 Å². The van der Waals surface area contributed by atoms with Crippen molar-refractivity contribution in [3.63, 3.8) is 0 Å². The number of carbonyl (C=O) groups excluding carboxylic acids is 1. The normalized spacial score (nSPS) is 10.4.